The fraction of sp³-hybridized carbons (Fsp3) is 0.625. The van der Waals surface area contributed by atoms with Gasteiger partial charge in [-0.15, -0.1) is 0 Å². The first-order valence-electron chi connectivity index (χ1n) is 6.83. The Morgan fingerprint density at radius 2 is 1.94 bits per heavy atom. The highest BCUT2D eigenvalue weighted by Crippen LogP contribution is 2.19. The number of ether oxygens (including phenoxy) is 1. The fourth-order valence-corrected chi connectivity index (χ4v) is 2.08. The number of benzene rings is 1. The van der Waals surface area contributed by atoms with Crippen molar-refractivity contribution in [3.05, 3.63) is 34.9 Å². The molecule has 1 aromatic carbocycles. The van der Waals surface area contributed by atoms with Gasteiger partial charge in [0.2, 0.25) is 0 Å². The van der Waals surface area contributed by atoms with Crippen molar-refractivity contribution < 1.29 is 9.84 Å². The quantitative estimate of drug-likeness (QED) is 0.746. The summed E-state index contributed by atoms with van der Waals surface area (Å²) in [5.41, 5.74) is 3.33. The van der Waals surface area contributed by atoms with E-state index < -0.39 is 6.10 Å². The Morgan fingerprint density at radius 1 is 1.22 bits per heavy atom. The average Bonchev–Trinajstić information content (AvgIpc) is 2.27. The van der Waals surface area contributed by atoms with Gasteiger partial charge in [0.25, 0.3) is 0 Å². The summed E-state index contributed by atoms with van der Waals surface area (Å²) in [5.74, 6) is 0.720. The zero-order valence-corrected chi connectivity index (χ0v) is 12.1. The lowest BCUT2D eigenvalue weighted by atomic mass is 10.0. The third kappa shape index (κ3) is 5.19. The summed E-state index contributed by atoms with van der Waals surface area (Å²) in [7, 11) is 0. The molecule has 1 atom stereocenters. The minimum Gasteiger partial charge on any atom is -0.386 e. The van der Waals surface area contributed by atoms with E-state index in [1.165, 1.54) is 12.0 Å². The molecule has 0 bridgehead atoms. The lowest BCUT2D eigenvalue weighted by Crippen LogP contribution is -2.10. The molecule has 1 rings (SSSR count). The minimum absolute atomic E-state index is 0.391. The van der Waals surface area contributed by atoms with Crippen LogP contribution in [0, 0.1) is 19.8 Å². The van der Waals surface area contributed by atoms with E-state index in [9.17, 15) is 5.11 Å². The molecule has 0 radical (unpaired) electrons. The molecular weight excluding hydrogens is 224 g/mol. The van der Waals surface area contributed by atoms with Gasteiger partial charge in [-0.05, 0) is 43.7 Å². The molecule has 0 spiro atoms. The summed E-state index contributed by atoms with van der Waals surface area (Å²) in [6, 6.07) is 6.12. The van der Waals surface area contributed by atoms with Crippen molar-refractivity contribution in [2.75, 3.05) is 13.2 Å². The van der Waals surface area contributed by atoms with Gasteiger partial charge in [-0.2, -0.15) is 0 Å². The molecule has 0 aromatic heterocycles. The van der Waals surface area contributed by atoms with E-state index in [2.05, 4.69) is 26.8 Å². The molecule has 1 aromatic rings. The first-order chi connectivity index (χ1) is 8.50. The second-order valence-electron chi connectivity index (χ2n) is 5.49. The topological polar surface area (TPSA) is 29.5 Å². The predicted molar refractivity (Wildman–Crippen MR) is 75.8 cm³/mol. The third-order valence-electron chi connectivity index (χ3n) is 3.13. The van der Waals surface area contributed by atoms with E-state index in [4.69, 9.17) is 4.74 Å². The van der Waals surface area contributed by atoms with Crippen LogP contribution in [0.2, 0.25) is 0 Å². The van der Waals surface area contributed by atoms with Gasteiger partial charge in [0.1, 0.15) is 6.10 Å². The van der Waals surface area contributed by atoms with Crippen LogP contribution in [0.15, 0.2) is 18.2 Å². The summed E-state index contributed by atoms with van der Waals surface area (Å²) >= 11 is 0. The van der Waals surface area contributed by atoms with Crippen LogP contribution in [-0.4, -0.2) is 18.3 Å². The smallest absolute Gasteiger partial charge is 0.103 e. The van der Waals surface area contributed by atoms with Gasteiger partial charge in [-0.1, -0.05) is 37.6 Å². The third-order valence-corrected chi connectivity index (χ3v) is 3.13. The zero-order valence-electron chi connectivity index (χ0n) is 12.1. The van der Waals surface area contributed by atoms with Crippen molar-refractivity contribution in [2.24, 2.45) is 5.92 Å². The van der Waals surface area contributed by atoms with Crippen LogP contribution in [0.3, 0.4) is 0 Å². The molecule has 1 N–H and O–H groups in total. The zero-order chi connectivity index (χ0) is 13.5. The van der Waals surface area contributed by atoms with E-state index in [1.54, 1.807) is 0 Å². The van der Waals surface area contributed by atoms with Crippen LogP contribution < -0.4 is 0 Å². The van der Waals surface area contributed by atoms with Crippen LogP contribution in [0.4, 0.5) is 0 Å². The summed E-state index contributed by atoms with van der Waals surface area (Å²) in [4.78, 5) is 0. The Balaban J connectivity index is 2.34. The molecule has 0 heterocycles. The van der Waals surface area contributed by atoms with Gasteiger partial charge < -0.3 is 9.84 Å². The molecule has 0 aliphatic heterocycles. The molecule has 102 valence electrons. The normalized spacial score (nSPS) is 13.0. The number of rotatable bonds is 7. The maximum absolute atomic E-state index is 10.1. The maximum Gasteiger partial charge on any atom is 0.103 e. The average molecular weight is 250 g/mol. The lowest BCUT2D eigenvalue weighted by molar-refractivity contribution is 0.0335. The van der Waals surface area contributed by atoms with Crippen molar-refractivity contribution in [2.45, 2.75) is 46.6 Å². The number of hydrogen-bond acceptors (Lipinski definition) is 2. The monoisotopic (exact) mass is 250 g/mol. The highest BCUT2D eigenvalue weighted by atomic mass is 16.5. The van der Waals surface area contributed by atoms with E-state index in [1.807, 2.05) is 19.1 Å². The molecular formula is C16H26O2. The Bertz CT molecular complexity index is 358. The van der Waals surface area contributed by atoms with Crippen molar-refractivity contribution in [3.8, 4) is 0 Å². The largest absolute Gasteiger partial charge is 0.386 e. The second-order valence-corrected chi connectivity index (χ2v) is 5.49. The second kappa shape index (κ2) is 7.55. The number of aliphatic hydroxyl groups is 1. The van der Waals surface area contributed by atoms with Gasteiger partial charge in [-0.25, -0.2) is 0 Å². The summed E-state index contributed by atoms with van der Waals surface area (Å²) in [5, 5.41) is 10.1. The van der Waals surface area contributed by atoms with Crippen LogP contribution in [0.5, 0.6) is 0 Å². The minimum atomic E-state index is -0.510. The molecule has 2 heteroatoms. The van der Waals surface area contributed by atoms with Crippen molar-refractivity contribution in [1.82, 2.24) is 0 Å². The Labute approximate surface area is 111 Å². The summed E-state index contributed by atoms with van der Waals surface area (Å²) < 4.78 is 5.54. The lowest BCUT2D eigenvalue weighted by Gasteiger charge is -2.15. The maximum atomic E-state index is 10.1. The van der Waals surface area contributed by atoms with Gasteiger partial charge in [0.15, 0.2) is 0 Å². The molecule has 0 aliphatic carbocycles. The van der Waals surface area contributed by atoms with Crippen LogP contribution >= 0.6 is 0 Å². The van der Waals surface area contributed by atoms with E-state index >= 15 is 0 Å². The summed E-state index contributed by atoms with van der Waals surface area (Å²) in [6.45, 7) is 9.65. The molecule has 0 aliphatic rings. The number of aryl methyl sites for hydroxylation is 2. The van der Waals surface area contributed by atoms with Gasteiger partial charge in [-0.3, -0.25) is 0 Å². The summed E-state index contributed by atoms with van der Waals surface area (Å²) in [6.07, 6.45) is 1.74. The first-order valence-corrected chi connectivity index (χ1v) is 6.83. The fourth-order valence-electron chi connectivity index (χ4n) is 2.08. The molecule has 0 saturated carbocycles. The van der Waals surface area contributed by atoms with E-state index in [0.29, 0.717) is 6.61 Å². The molecule has 0 saturated heterocycles. The number of aliphatic hydroxyl groups excluding tert-OH is 1. The van der Waals surface area contributed by atoms with E-state index in [0.717, 1.165) is 30.1 Å². The highest BCUT2D eigenvalue weighted by molar-refractivity contribution is 5.31. The first kappa shape index (κ1) is 15.2. The SMILES string of the molecule is Cc1ccc(C(O)COCCCC(C)C)c(C)c1. The molecule has 18 heavy (non-hydrogen) atoms. The Hall–Kier alpha value is -0.860. The van der Waals surface area contributed by atoms with Crippen LogP contribution in [0.25, 0.3) is 0 Å². The van der Waals surface area contributed by atoms with Gasteiger partial charge >= 0.3 is 0 Å². The predicted octanol–water partition coefficient (Wildman–Crippen LogP) is 3.79. The molecule has 1 unspecified atom stereocenters. The standard InChI is InChI=1S/C16H26O2/c1-12(2)6-5-9-18-11-16(17)15-8-7-13(3)10-14(15)4/h7-8,10,12,16-17H,5-6,9,11H2,1-4H3. The van der Waals surface area contributed by atoms with Crippen molar-refractivity contribution >= 4 is 0 Å². The van der Waals surface area contributed by atoms with Crippen LogP contribution in [-0.2, 0) is 4.74 Å². The molecule has 2 nitrogen and oxygen atoms in total. The van der Waals surface area contributed by atoms with E-state index in [-0.39, 0.29) is 0 Å². The van der Waals surface area contributed by atoms with Crippen LogP contribution in [0.1, 0.15) is 49.5 Å². The number of hydrogen-bond donors (Lipinski definition) is 1. The Morgan fingerprint density at radius 3 is 2.56 bits per heavy atom. The Kier molecular flexibility index (Phi) is 6.37. The van der Waals surface area contributed by atoms with Crippen molar-refractivity contribution in [3.63, 3.8) is 0 Å². The van der Waals surface area contributed by atoms with Crippen molar-refractivity contribution in [1.29, 1.82) is 0 Å². The molecule has 0 fully saturated rings. The van der Waals surface area contributed by atoms with Gasteiger partial charge in [0.05, 0.1) is 6.61 Å². The van der Waals surface area contributed by atoms with Gasteiger partial charge in [0, 0.05) is 6.61 Å². The molecule has 0 amide bonds. The highest BCUT2D eigenvalue weighted by Gasteiger charge is 2.10.